The van der Waals surface area contributed by atoms with Gasteiger partial charge in [-0.2, -0.15) is 0 Å². The van der Waals surface area contributed by atoms with Gasteiger partial charge in [0.2, 0.25) is 0 Å². The van der Waals surface area contributed by atoms with Crippen molar-refractivity contribution in [1.82, 2.24) is 20.1 Å². The van der Waals surface area contributed by atoms with E-state index < -0.39 is 0 Å². The molecule has 1 N–H and O–H groups in total. The number of aromatic nitrogens is 1. The van der Waals surface area contributed by atoms with E-state index in [0.29, 0.717) is 12.2 Å². The lowest BCUT2D eigenvalue weighted by Gasteiger charge is -2.32. The van der Waals surface area contributed by atoms with Gasteiger partial charge < -0.3 is 19.9 Å². The molecule has 3 rings (SSSR count). The Morgan fingerprint density at radius 2 is 1.90 bits per heavy atom. The first-order valence-corrected chi connectivity index (χ1v) is 11.3. The zero-order valence-corrected chi connectivity index (χ0v) is 18.5. The van der Waals surface area contributed by atoms with E-state index in [1.165, 1.54) is 11.3 Å². The predicted octanol–water partition coefficient (Wildman–Crippen LogP) is 3.35. The standard InChI is InChI=1S/C22H32N4O2S/c1-17(2)28-19-8-6-18(7-9-19)22-24-20(16-29-22)21(27)23-10-4-5-11-26-14-12-25(3)13-15-26/h6-9,16-17H,4-5,10-15H2,1-3H3,(H,23,27). The maximum absolute atomic E-state index is 12.4. The van der Waals surface area contributed by atoms with Crippen LogP contribution in [0.2, 0.25) is 0 Å². The number of amides is 1. The topological polar surface area (TPSA) is 57.7 Å². The Kier molecular flexibility index (Phi) is 8.03. The molecule has 2 heterocycles. The fourth-order valence-electron chi connectivity index (χ4n) is 3.28. The van der Waals surface area contributed by atoms with Crippen molar-refractivity contribution in [3.8, 4) is 16.3 Å². The van der Waals surface area contributed by atoms with Gasteiger partial charge in [0.05, 0.1) is 6.10 Å². The zero-order valence-electron chi connectivity index (χ0n) is 17.7. The molecule has 1 saturated heterocycles. The van der Waals surface area contributed by atoms with Gasteiger partial charge >= 0.3 is 0 Å². The van der Waals surface area contributed by atoms with Crippen molar-refractivity contribution in [1.29, 1.82) is 0 Å². The molecule has 1 aliphatic heterocycles. The maximum Gasteiger partial charge on any atom is 0.270 e. The van der Waals surface area contributed by atoms with Crippen molar-refractivity contribution in [2.45, 2.75) is 32.8 Å². The number of nitrogens with zero attached hydrogens (tertiary/aromatic N) is 3. The van der Waals surface area contributed by atoms with E-state index in [4.69, 9.17) is 4.74 Å². The van der Waals surface area contributed by atoms with Crippen molar-refractivity contribution >= 4 is 17.2 Å². The molecule has 0 radical (unpaired) electrons. The number of hydrogen-bond donors (Lipinski definition) is 1. The van der Waals surface area contributed by atoms with Gasteiger partial charge in [0.15, 0.2) is 0 Å². The van der Waals surface area contributed by atoms with Crippen LogP contribution in [0.3, 0.4) is 0 Å². The van der Waals surface area contributed by atoms with Crippen molar-refractivity contribution in [3.05, 3.63) is 35.3 Å². The molecule has 0 unspecified atom stereocenters. The van der Waals surface area contributed by atoms with Crippen LogP contribution < -0.4 is 10.1 Å². The van der Waals surface area contributed by atoms with Crippen LogP contribution in [0.5, 0.6) is 5.75 Å². The molecule has 2 aromatic rings. The van der Waals surface area contributed by atoms with Gasteiger partial charge in [-0.05, 0) is 64.5 Å². The first kappa shape index (κ1) is 21.7. The van der Waals surface area contributed by atoms with E-state index in [2.05, 4.69) is 27.1 Å². The molecular formula is C22H32N4O2S. The van der Waals surface area contributed by atoms with Crippen LogP contribution in [0, 0.1) is 0 Å². The average molecular weight is 417 g/mol. The molecule has 1 aromatic heterocycles. The molecule has 6 nitrogen and oxygen atoms in total. The Balaban J connectivity index is 1.40. The van der Waals surface area contributed by atoms with Crippen LogP contribution in [0.4, 0.5) is 0 Å². The highest BCUT2D eigenvalue weighted by Gasteiger charge is 2.14. The summed E-state index contributed by atoms with van der Waals surface area (Å²) in [5.41, 5.74) is 1.49. The van der Waals surface area contributed by atoms with E-state index in [1.807, 2.05) is 43.5 Å². The molecule has 1 fully saturated rings. The highest BCUT2D eigenvalue weighted by Crippen LogP contribution is 2.26. The van der Waals surface area contributed by atoms with E-state index >= 15 is 0 Å². The van der Waals surface area contributed by atoms with Crippen LogP contribution in [-0.2, 0) is 0 Å². The third-order valence-corrected chi connectivity index (χ3v) is 5.88. The van der Waals surface area contributed by atoms with Crippen LogP contribution in [0.15, 0.2) is 29.6 Å². The molecule has 158 valence electrons. The second kappa shape index (κ2) is 10.7. The molecule has 0 spiro atoms. The smallest absolute Gasteiger partial charge is 0.270 e. The summed E-state index contributed by atoms with van der Waals surface area (Å²) in [6.07, 6.45) is 2.25. The lowest BCUT2D eigenvalue weighted by atomic mass is 10.2. The number of likely N-dealkylation sites (N-methyl/N-ethyl adjacent to an activating group) is 1. The van der Waals surface area contributed by atoms with Gasteiger partial charge in [-0.15, -0.1) is 11.3 Å². The fraction of sp³-hybridized carbons (Fsp3) is 0.545. The molecule has 1 aromatic carbocycles. The minimum absolute atomic E-state index is 0.0909. The van der Waals surface area contributed by atoms with Crippen LogP contribution in [0.1, 0.15) is 37.2 Å². The Morgan fingerprint density at radius 1 is 1.17 bits per heavy atom. The van der Waals surface area contributed by atoms with Crippen LogP contribution >= 0.6 is 11.3 Å². The monoisotopic (exact) mass is 416 g/mol. The summed E-state index contributed by atoms with van der Waals surface area (Å²) < 4.78 is 5.67. The van der Waals surface area contributed by atoms with Gasteiger partial charge in [-0.1, -0.05) is 0 Å². The Hall–Kier alpha value is -1.96. The summed E-state index contributed by atoms with van der Waals surface area (Å²) in [7, 11) is 2.17. The third kappa shape index (κ3) is 6.80. The number of carbonyl (C=O) groups excluding carboxylic acids is 1. The quantitative estimate of drug-likeness (QED) is 0.635. The summed E-state index contributed by atoms with van der Waals surface area (Å²) in [5.74, 6) is 0.752. The highest BCUT2D eigenvalue weighted by atomic mass is 32.1. The summed E-state index contributed by atoms with van der Waals surface area (Å²) in [6.45, 7) is 10.4. The van der Waals surface area contributed by atoms with Gasteiger partial charge in [0.1, 0.15) is 16.5 Å². The Morgan fingerprint density at radius 3 is 2.59 bits per heavy atom. The number of rotatable bonds is 9. The highest BCUT2D eigenvalue weighted by molar-refractivity contribution is 7.13. The second-order valence-electron chi connectivity index (χ2n) is 7.84. The van der Waals surface area contributed by atoms with Crippen LogP contribution in [0.25, 0.3) is 10.6 Å². The van der Waals surface area contributed by atoms with E-state index in [0.717, 1.165) is 61.9 Å². The third-order valence-electron chi connectivity index (χ3n) is 4.99. The number of thiazole rings is 1. The lowest BCUT2D eigenvalue weighted by Crippen LogP contribution is -2.44. The molecule has 0 bridgehead atoms. The molecule has 7 heteroatoms. The first-order valence-electron chi connectivity index (χ1n) is 10.4. The molecule has 1 amide bonds. The fourth-order valence-corrected chi connectivity index (χ4v) is 4.09. The first-order chi connectivity index (χ1) is 14.0. The largest absolute Gasteiger partial charge is 0.491 e. The number of ether oxygens (including phenoxy) is 1. The number of nitrogens with one attached hydrogen (secondary N) is 1. The number of hydrogen-bond acceptors (Lipinski definition) is 6. The van der Waals surface area contributed by atoms with E-state index in [-0.39, 0.29) is 12.0 Å². The molecule has 0 atom stereocenters. The summed E-state index contributed by atoms with van der Waals surface area (Å²) >= 11 is 1.49. The van der Waals surface area contributed by atoms with Gasteiger partial charge in [-0.25, -0.2) is 4.98 Å². The molecule has 0 aliphatic carbocycles. The number of carbonyl (C=O) groups is 1. The Labute approximate surface area is 177 Å². The van der Waals surface area contributed by atoms with Crippen molar-refractivity contribution in [2.24, 2.45) is 0 Å². The Bertz CT molecular complexity index is 767. The maximum atomic E-state index is 12.4. The van der Waals surface area contributed by atoms with Gasteiger partial charge in [-0.3, -0.25) is 4.79 Å². The minimum atomic E-state index is -0.0909. The second-order valence-corrected chi connectivity index (χ2v) is 8.69. The molecule has 29 heavy (non-hydrogen) atoms. The lowest BCUT2D eigenvalue weighted by molar-refractivity contribution is 0.0947. The molecule has 0 saturated carbocycles. The minimum Gasteiger partial charge on any atom is -0.491 e. The molecule has 1 aliphatic rings. The predicted molar refractivity (Wildman–Crippen MR) is 119 cm³/mol. The summed E-state index contributed by atoms with van der Waals surface area (Å²) in [6, 6.07) is 7.85. The normalized spacial score (nSPS) is 15.6. The zero-order chi connectivity index (χ0) is 20.6. The van der Waals surface area contributed by atoms with Crippen LogP contribution in [-0.4, -0.2) is 73.1 Å². The van der Waals surface area contributed by atoms with Crippen molar-refractivity contribution < 1.29 is 9.53 Å². The van der Waals surface area contributed by atoms with Gasteiger partial charge in [0, 0.05) is 43.7 Å². The SMILES string of the molecule is CC(C)Oc1ccc(-c2nc(C(=O)NCCCCN3CCN(C)CC3)cs2)cc1. The number of benzene rings is 1. The summed E-state index contributed by atoms with van der Waals surface area (Å²) in [4.78, 5) is 21.7. The van der Waals surface area contributed by atoms with Crippen molar-refractivity contribution in [3.63, 3.8) is 0 Å². The average Bonchev–Trinajstić information content (AvgIpc) is 3.19. The van der Waals surface area contributed by atoms with Gasteiger partial charge in [0.25, 0.3) is 5.91 Å². The summed E-state index contributed by atoms with van der Waals surface area (Å²) in [5, 5.41) is 5.67. The number of piperazine rings is 1. The van der Waals surface area contributed by atoms with E-state index in [1.54, 1.807) is 0 Å². The van der Waals surface area contributed by atoms with Crippen molar-refractivity contribution in [2.75, 3.05) is 46.3 Å². The molecular weight excluding hydrogens is 384 g/mol. The van der Waals surface area contributed by atoms with E-state index in [9.17, 15) is 4.79 Å². The number of unbranched alkanes of at least 4 members (excludes halogenated alkanes) is 1.